The number of carbonyl (C=O) groups excluding carboxylic acids is 4. The average Bonchev–Trinajstić information content (AvgIpc) is 3.17. The highest BCUT2D eigenvalue weighted by molar-refractivity contribution is 6.20. The molecule has 0 bridgehead atoms. The number of hydrogen-bond acceptors (Lipinski definition) is 5. The first kappa shape index (κ1) is 16.8. The predicted molar refractivity (Wildman–Crippen MR) is 95.6 cm³/mol. The van der Waals surface area contributed by atoms with E-state index in [1.165, 1.54) is 0 Å². The second kappa shape index (κ2) is 6.60. The van der Waals surface area contributed by atoms with Gasteiger partial charge in [-0.15, -0.1) is 0 Å². The van der Waals surface area contributed by atoms with Crippen LogP contribution in [0.1, 0.15) is 18.4 Å². The topological polar surface area (TPSA) is 105 Å². The van der Waals surface area contributed by atoms with Crippen molar-refractivity contribution in [3.8, 4) is 11.3 Å². The zero-order valence-electron chi connectivity index (χ0n) is 14.2. The summed E-state index contributed by atoms with van der Waals surface area (Å²) in [5.74, 6) is -2.65. The van der Waals surface area contributed by atoms with Crippen LogP contribution in [0.2, 0.25) is 0 Å². The summed E-state index contributed by atoms with van der Waals surface area (Å²) in [7, 11) is 0. The molecular formula is C20H15N3O4. The average molecular weight is 361 g/mol. The van der Waals surface area contributed by atoms with E-state index in [4.69, 9.17) is 0 Å². The summed E-state index contributed by atoms with van der Waals surface area (Å²) in [6.07, 6.45) is 1.47. The number of aromatic nitrogens is 1. The summed E-state index contributed by atoms with van der Waals surface area (Å²) in [4.78, 5) is 52.7. The Balaban J connectivity index is 1.95. The Labute approximate surface area is 154 Å². The van der Waals surface area contributed by atoms with E-state index in [1.807, 2.05) is 24.3 Å². The standard InChI is InChI=1S/C20H15N3O4/c24-16-9-13(19(26)22-16)18(14-10-17(25)23-20(14)27)12-6-2-1-5-11(12)15-7-3-4-8-21-15/h1-8,13H,9-10H2,(H,22,24,26)(H,23,25,27)/b18-14-. The quantitative estimate of drug-likeness (QED) is 0.632. The Bertz CT molecular complexity index is 1010. The molecule has 2 aromatic rings. The molecule has 0 radical (unpaired) electrons. The highest BCUT2D eigenvalue weighted by atomic mass is 16.2. The molecule has 2 aliphatic heterocycles. The van der Waals surface area contributed by atoms with Gasteiger partial charge in [0, 0.05) is 23.8 Å². The molecule has 2 aliphatic rings. The van der Waals surface area contributed by atoms with Crippen molar-refractivity contribution in [2.75, 3.05) is 0 Å². The lowest BCUT2D eigenvalue weighted by atomic mass is 9.83. The fourth-order valence-corrected chi connectivity index (χ4v) is 3.52. The molecule has 1 aromatic carbocycles. The third-order valence-electron chi connectivity index (χ3n) is 4.66. The monoisotopic (exact) mass is 361 g/mol. The van der Waals surface area contributed by atoms with E-state index >= 15 is 0 Å². The number of amides is 4. The first-order chi connectivity index (χ1) is 13.0. The smallest absolute Gasteiger partial charge is 0.254 e. The van der Waals surface area contributed by atoms with Crippen molar-refractivity contribution in [2.45, 2.75) is 12.8 Å². The van der Waals surface area contributed by atoms with Gasteiger partial charge in [-0.3, -0.25) is 34.8 Å². The van der Waals surface area contributed by atoms with Crippen LogP contribution in [0.3, 0.4) is 0 Å². The Morgan fingerprint density at radius 2 is 1.70 bits per heavy atom. The summed E-state index contributed by atoms with van der Waals surface area (Å²) in [6, 6.07) is 12.7. The van der Waals surface area contributed by atoms with E-state index in [0.717, 1.165) is 5.56 Å². The second-order valence-electron chi connectivity index (χ2n) is 6.38. The number of hydrogen-bond donors (Lipinski definition) is 2. The highest BCUT2D eigenvalue weighted by Gasteiger charge is 2.39. The molecule has 2 saturated heterocycles. The zero-order chi connectivity index (χ0) is 19.0. The minimum atomic E-state index is -0.825. The molecule has 2 N–H and O–H groups in total. The third-order valence-corrected chi connectivity index (χ3v) is 4.66. The number of imide groups is 2. The molecule has 7 nitrogen and oxygen atoms in total. The number of nitrogens with one attached hydrogen (secondary N) is 2. The summed E-state index contributed by atoms with van der Waals surface area (Å²) >= 11 is 0. The van der Waals surface area contributed by atoms with Crippen molar-refractivity contribution in [1.82, 2.24) is 15.6 Å². The van der Waals surface area contributed by atoms with Gasteiger partial charge in [-0.2, -0.15) is 0 Å². The predicted octanol–water partition coefficient (Wildman–Crippen LogP) is 1.21. The maximum Gasteiger partial charge on any atom is 0.254 e. The van der Waals surface area contributed by atoms with E-state index in [2.05, 4.69) is 15.6 Å². The van der Waals surface area contributed by atoms with Crippen LogP contribution in [0.25, 0.3) is 16.8 Å². The SMILES string of the molecule is O=C1C/C(=C(\c2ccccc2-c2ccccn2)C2CC(=O)NC2=O)C(=O)N1. The first-order valence-corrected chi connectivity index (χ1v) is 8.46. The largest absolute Gasteiger partial charge is 0.296 e. The van der Waals surface area contributed by atoms with Crippen LogP contribution in [0.15, 0.2) is 54.2 Å². The number of benzene rings is 1. The summed E-state index contributed by atoms with van der Waals surface area (Å²) in [6.45, 7) is 0. The Hall–Kier alpha value is -3.61. The Kier molecular flexibility index (Phi) is 4.12. The van der Waals surface area contributed by atoms with Crippen molar-refractivity contribution in [3.63, 3.8) is 0 Å². The molecule has 0 spiro atoms. The minimum Gasteiger partial charge on any atom is -0.296 e. The summed E-state index contributed by atoms with van der Waals surface area (Å²) < 4.78 is 0. The van der Waals surface area contributed by atoms with Crippen LogP contribution in [0.4, 0.5) is 0 Å². The Morgan fingerprint density at radius 1 is 0.926 bits per heavy atom. The van der Waals surface area contributed by atoms with Crippen LogP contribution >= 0.6 is 0 Å². The molecule has 4 rings (SSSR count). The molecule has 0 aliphatic carbocycles. The first-order valence-electron chi connectivity index (χ1n) is 8.46. The number of rotatable bonds is 3. The van der Waals surface area contributed by atoms with Gasteiger partial charge in [0.2, 0.25) is 17.7 Å². The lowest BCUT2D eigenvalue weighted by molar-refractivity contribution is -0.126. The van der Waals surface area contributed by atoms with Crippen LogP contribution < -0.4 is 10.6 Å². The van der Waals surface area contributed by atoms with Gasteiger partial charge in [0.1, 0.15) is 0 Å². The van der Waals surface area contributed by atoms with E-state index in [9.17, 15) is 19.2 Å². The van der Waals surface area contributed by atoms with Crippen LogP contribution in [-0.4, -0.2) is 28.6 Å². The molecular weight excluding hydrogens is 346 g/mol. The fraction of sp³-hybridized carbons (Fsp3) is 0.150. The molecule has 1 unspecified atom stereocenters. The van der Waals surface area contributed by atoms with Crippen LogP contribution in [0, 0.1) is 5.92 Å². The molecule has 2 fully saturated rings. The van der Waals surface area contributed by atoms with Crippen molar-refractivity contribution in [3.05, 3.63) is 59.8 Å². The molecule has 7 heteroatoms. The van der Waals surface area contributed by atoms with Gasteiger partial charge in [0.25, 0.3) is 5.91 Å². The summed E-state index contributed by atoms with van der Waals surface area (Å²) in [5, 5.41) is 4.54. The maximum atomic E-state index is 12.4. The normalized spacial score (nSPS) is 21.3. The fourth-order valence-electron chi connectivity index (χ4n) is 3.52. The number of carbonyl (C=O) groups is 4. The third kappa shape index (κ3) is 3.03. The van der Waals surface area contributed by atoms with Crippen molar-refractivity contribution in [2.24, 2.45) is 5.92 Å². The van der Waals surface area contributed by atoms with Gasteiger partial charge in [-0.05, 0) is 23.3 Å². The number of nitrogens with zero attached hydrogens (tertiary/aromatic N) is 1. The highest BCUT2D eigenvalue weighted by Crippen LogP contribution is 2.39. The van der Waals surface area contributed by atoms with Gasteiger partial charge in [0.15, 0.2) is 0 Å². The van der Waals surface area contributed by atoms with Gasteiger partial charge < -0.3 is 0 Å². The maximum absolute atomic E-state index is 12.4. The molecule has 1 aromatic heterocycles. The van der Waals surface area contributed by atoms with Crippen LogP contribution in [-0.2, 0) is 19.2 Å². The van der Waals surface area contributed by atoms with Gasteiger partial charge in [0.05, 0.1) is 18.0 Å². The number of pyridine rings is 1. The molecule has 27 heavy (non-hydrogen) atoms. The molecule has 1 atom stereocenters. The molecule has 4 amide bonds. The van der Waals surface area contributed by atoms with Crippen LogP contribution in [0.5, 0.6) is 0 Å². The van der Waals surface area contributed by atoms with Gasteiger partial charge >= 0.3 is 0 Å². The van der Waals surface area contributed by atoms with Gasteiger partial charge in [-0.25, -0.2) is 0 Å². The van der Waals surface area contributed by atoms with E-state index in [-0.39, 0.29) is 18.4 Å². The second-order valence-corrected chi connectivity index (χ2v) is 6.38. The van der Waals surface area contributed by atoms with Crippen molar-refractivity contribution < 1.29 is 19.2 Å². The van der Waals surface area contributed by atoms with Gasteiger partial charge in [-0.1, -0.05) is 30.3 Å². The Morgan fingerprint density at radius 3 is 2.33 bits per heavy atom. The molecule has 134 valence electrons. The van der Waals surface area contributed by atoms with Crippen molar-refractivity contribution >= 4 is 29.2 Å². The molecule has 0 saturated carbocycles. The van der Waals surface area contributed by atoms with E-state index in [0.29, 0.717) is 16.8 Å². The van der Waals surface area contributed by atoms with Crippen molar-refractivity contribution in [1.29, 1.82) is 0 Å². The molecule has 3 heterocycles. The minimum absolute atomic E-state index is 0.0598. The lowest BCUT2D eigenvalue weighted by Gasteiger charge is -2.18. The zero-order valence-corrected chi connectivity index (χ0v) is 14.2. The van der Waals surface area contributed by atoms with E-state index in [1.54, 1.807) is 24.4 Å². The van der Waals surface area contributed by atoms with E-state index < -0.39 is 29.5 Å². The lowest BCUT2D eigenvalue weighted by Crippen LogP contribution is -2.24. The summed E-state index contributed by atoms with van der Waals surface area (Å²) in [5.41, 5.74) is 2.63.